The Labute approximate surface area is 119 Å². The Balaban J connectivity index is 2.39. The van der Waals surface area contributed by atoms with Crippen LogP contribution in [0.2, 0.25) is 0 Å². The van der Waals surface area contributed by atoms with Gasteiger partial charge in [-0.15, -0.1) is 0 Å². The molecule has 0 aliphatic heterocycles. The number of hydrogen-bond acceptors (Lipinski definition) is 5. The van der Waals surface area contributed by atoms with Crippen LogP contribution in [-0.2, 0) is 26.2 Å². The highest BCUT2D eigenvalue weighted by Gasteiger charge is 2.17. The van der Waals surface area contributed by atoms with Crippen LogP contribution < -0.4 is 4.72 Å². The van der Waals surface area contributed by atoms with Crippen LogP contribution in [0.25, 0.3) is 0 Å². The van der Waals surface area contributed by atoms with Gasteiger partial charge in [0.2, 0.25) is 0 Å². The summed E-state index contributed by atoms with van der Waals surface area (Å²) in [5.41, 5.74) is 0.812. The maximum Gasteiger partial charge on any atom is 0.306 e. The first kappa shape index (κ1) is 16.5. The molecule has 0 saturated heterocycles. The number of rotatable bonds is 8. The van der Waals surface area contributed by atoms with Crippen LogP contribution in [0.3, 0.4) is 0 Å². The molecule has 0 saturated carbocycles. The second-order valence-electron chi connectivity index (χ2n) is 4.12. The first-order valence-corrected chi connectivity index (χ1v) is 7.57. The van der Waals surface area contributed by atoms with Crippen molar-refractivity contribution in [3.63, 3.8) is 0 Å². The lowest BCUT2D eigenvalue weighted by Gasteiger charge is -2.16. The maximum absolute atomic E-state index is 11.9. The van der Waals surface area contributed by atoms with E-state index in [4.69, 9.17) is 0 Å². The fraction of sp³-hybridized carbons (Fsp3) is 0.500. The van der Waals surface area contributed by atoms with Gasteiger partial charge in [-0.3, -0.25) is 9.78 Å². The molecule has 112 valence electrons. The Hall–Kier alpha value is -1.51. The third kappa shape index (κ3) is 5.64. The topological polar surface area (TPSA) is 88.6 Å². The van der Waals surface area contributed by atoms with Crippen LogP contribution in [0.4, 0.5) is 0 Å². The number of carbonyl (C=O) groups excluding carboxylic acids is 1. The summed E-state index contributed by atoms with van der Waals surface area (Å²) in [6.07, 6.45) is 2.19. The summed E-state index contributed by atoms with van der Waals surface area (Å²) < 4.78 is 31.7. The van der Waals surface area contributed by atoms with Gasteiger partial charge in [0.1, 0.15) is 0 Å². The lowest BCUT2D eigenvalue weighted by atomic mass is 10.3. The van der Waals surface area contributed by atoms with Gasteiger partial charge < -0.3 is 4.74 Å². The minimum absolute atomic E-state index is 0.0220. The molecule has 0 unspecified atom stereocenters. The van der Waals surface area contributed by atoms with E-state index in [0.29, 0.717) is 6.42 Å². The molecule has 0 bridgehead atoms. The van der Waals surface area contributed by atoms with Gasteiger partial charge in [0, 0.05) is 38.4 Å². The molecule has 0 atom stereocenters. The van der Waals surface area contributed by atoms with E-state index in [2.05, 4.69) is 14.4 Å². The number of methoxy groups -OCH3 is 1. The Morgan fingerprint density at radius 3 is 2.80 bits per heavy atom. The highest BCUT2D eigenvalue weighted by atomic mass is 32.2. The summed E-state index contributed by atoms with van der Waals surface area (Å²) >= 11 is 0. The number of nitrogens with one attached hydrogen (secondary N) is 1. The SMILES string of the molecule is COC(=O)CCN(C)S(=O)(=O)NCCc1ccccn1. The van der Waals surface area contributed by atoms with Crippen molar-refractivity contribution in [3.05, 3.63) is 30.1 Å². The first-order valence-electron chi connectivity index (χ1n) is 6.13. The zero-order valence-corrected chi connectivity index (χ0v) is 12.4. The zero-order valence-electron chi connectivity index (χ0n) is 11.6. The number of ether oxygens (including phenoxy) is 1. The van der Waals surface area contributed by atoms with E-state index >= 15 is 0 Å². The molecule has 1 rings (SSSR count). The molecule has 1 heterocycles. The fourth-order valence-electron chi connectivity index (χ4n) is 1.44. The number of hydrogen-bond donors (Lipinski definition) is 1. The van der Waals surface area contributed by atoms with E-state index in [-0.39, 0.29) is 19.5 Å². The quantitative estimate of drug-likeness (QED) is 0.680. The Morgan fingerprint density at radius 1 is 1.45 bits per heavy atom. The van der Waals surface area contributed by atoms with E-state index in [1.54, 1.807) is 12.3 Å². The smallest absolute Gasteiger partial charge is 0.306 e. The third-order valence-corrected chi connectivity index (χ3v) is 4.23. The van der Waals surface area contributed by atoms with Gasteiger partial charge in [-0.25, -0.2) is 4.72 Å². The van der Waals surface area contributed by atoms with E-state index in [1.165, 1.54) is 14.2 Å². The normalized spacial score (nSPS) is 11.6. The van der Waals surface area contributed by atoms with Crippen molar-refractivity contribution >= 4 is 16.2 Å². The predicted octanol–water partition coefficient (Wildman–Crippen LogP) is -0.0466. The average molecular weight is 301 g/mol. The first-order chi connectivity index (χ1) is 9.45. The van der Waals surface area contributed by atoms with E-state index in [0.717, 1.165) is 10.00 Å². The van der Waals surface area contributed by atoms with Crippen molar-refractivity contribution in [2.75, 3.05) is 27.2 Å². The molecule has 0 spiro atoms. The Bertz CT molecular complexity index is 519. The highest BCUT2D eigenvalue weighted by molar-refractivity contribution is 7.87. The predicted molar refractivity (Wildman–Crippen MR) is 74.1 cm³/mol. The van der Waals surface area contributed by atoms with E-state index < -0.39 is 16.2 Å². The minimum Gasteiger partial charge on any atom is -0.469 e. The van der Waals surface area contributed by atoms with Gasteiger partial charge in [0.15, 0.2) is 0 Å². The summed E-state index contributed by atoms with van der Waals surface area (Å²) in [5.74, 6) is -0.444. The molecular weight excluding hydrogens is 282 g/mol. The number of pyridine rings is 1. The van der Waals surface area contributed by atoms with Crippen molar-refractivity contribution in [3.8, 4) is 0 Å². The molecule has 0 amide bonds. The van der Waals surface area contributed by atoms with E-state index in [1.807, 2.05) is 12.1 Å². The highest BCUT2D eigenvalue weighted by Crippen LogP contribution is 1.98. The minimum atomic E-state index is -3.59. The zero-order chi connectivity index (χ0) is 15.0. The van der Waals surface area contributed by atoms with Crippen LogP contribution in [0, 0.1) is 0 Å². The second-order valence-corrected chi connectivity index (χ2v) is 5.98. The molecule has 0 fully saturated rings. The van der Waals surface area contributed by atoms with Crippen LogP contribution in [0.5, 0.6) is 0 Å². The van der Waals surface area contributed by atoms with Gasteiger partial charge in [-0.1, -0.05) is 6.07 Å². The van der Waals surface area contributed by atoms with Gasteiger partial charge in [0.25, 0.3) is 10.2 Å². The fourth-order valence-corrected chi connectivity index (χ4v) is 2.35. The molecule has 1 aromatic rings. The van der Waals surface area contributed by atoms with Crippen LogP contribution in [0.15, 0.2) is 24.4 Å². The van der Waals surface area contributed by atoms with Gasteiger partial charge in [-0.05, 0) is 12.1 Å². The van der Waals surface area contributed by atoms with Crippen molar-refractivity contribution in [2.45, 2.75) is 12.8 Å². The largest absolute Gasteiger partial charge is 0.469 e. The maximum atomic E-state index is 11.9. The molecular formula is C12H19N3O4S. The van der Waals surface area contributed by atoms with Crippen LogP contribution in [-0.4, -0.2) is 50.9 Å². The van der Waals surface area contributed by atoms with Crippen molar-refractivity contribution in [1.82, 2.24) is 14.0 Å². The summed E-state index contributed by atoms with van der Waals surface area (Å²) in [6.45, 7) is 0.327. The molecule has 20 heavy (non-hydrogen) atoms. The number of esters is 1. The number of carbonyl (C=O) groups is 1. The molecule has 0 radical (unpaired) electrons. The summed E-state index contributed by atoms with van der Waals surface area (Å²) in [7, 11) is -0.912. The summed E-state index contributed by atoms with van der Waals surface area (Å²) in [5, 5.41) is 0. The lowest BCUT2D eigenvalue weighted by molar-refractivity contribution is -0.140. The monoisotopic (exact) mass is 301 g/mol. The number of nitrogens with zero attached hydrogens (tertiary/aromatic N) is 2. The average Bonchev–Trinajstić information content (AvgIpc) is 2.45. The van der Waals surface area contributed by atoms with Crippen molar-refractivity contribution in [2.24, 2.45) is 0 Å². The van der Waals surface area contributed by atoms with Gasteiger partial charge in [0.05, 0.1) is 13.5 Å². The third-order valence-electron chi connectivity index (χ3n) is 2.66. The molecule has 0 aromatic carbocycles. The Morgan fingerprint density at radius 2 is 2.20 bits per heavy atom. The molecule has 7 nitrogen and oxygen atoms in total. The number of aromatic nitrogens is 1. The standard InChI is InChI=1S/C12H19N3O4S/c1-15(10-7-12(16)19-2)20(17,18)14-9-6-11-5-3-4-8-13-11/h3-5,8,14H,6-7,9-10H2,1-2H3. The van der Waals surface area contributed by atoms with Crippen LogP contribution >= 0.6 is 0 Å². The summed E-state index contributed by atoms with van der Waals surface area (Å²) in [6, 6.07) is 5.48. The summed E-state index contributed by atoms with van der Waals surface area (Å²) in [4.78, 5) is 15.1. The van der Waals surface area contributed by atoms with Crippen molar-refractivity contribution < 1.29 is 17.9 Å². The van der Waals surface area contributed by atoms with Crippen LogP contribution in [0.1, 0.15) is 12.1 Å². The van der Waals surface area contributed by atoms with Gasteiger partial charge >= 0.3 is 5.97 Å². The second kappa shape index (κ2) is 7.93. The molecule has 1 N–H and O–H groups in total. The molecule has 1 aromatic heterocycles. The lowest BCUT2D eigenvalue weighted by Crippen LogP contribution is -2.40. The van der Waals surface area contributed by atoms with Crippen molar-refractivity contribution in [1.29, 1.82) is 0 Å². The van der Waals surface area contributed by atoms with E-state index in [9.17, 15) is 13.2 Å². The Kier molecular flexibility index (Phi) is 6.56. The molecule has 0 aliphatic rings. The molecule has 0 aliphatic carbocycles. The van der Waals surface area contributed by atoms with Gasteiger partial charge in [-0.2, -0.15) is 12.7 Å². The molecule has 8 heteroatoms.